The molecule has 2 bridgehead atoms. The number of fused-ring (bicyclic) bond motifs is 2. The summed E-state index contributed by atoms with van der Waals surface area (Å²) in [7, 11) is 0. The third kappa shape index (κ3) is 0.793. The fourth-order valence-electron chi connectivity index (χ4n) is 3.18. The van der Waals surface area contributed by atoms with Crippen molar-refractivity contribution in [3.8, 4) is 0 Å². The third-order valence-electron chi connectivity index (χ3n) is 4.24. The second kappa shape index (κ2) is 2.19. The highest BCUT2D eigenvalue weighted by molar-refractivity contribution is 6.22. The Balaban J connectivity index is 2.36. The van der Waals surface area contributed by atoms with Gasteiger partial charge in [0.1, 0.15) is 0 Å². The summed E-state index contributed by atoms with van der Waals surface area (Å²) >= 11 is 6.38. The molecule has 2 aliphatic carbocycles. The van der Waals surface area contributed by atoms with Crippen LogP contribution >= 0.6 is 11.6 Å². The smallest absolute Gasteiger partial charge is 0.0611 e. The molecule has 12 heavy (non-hydrogen) atoms. The molecular weight excluding hydrogens is 172 g/mol. The van der Waals surface area contributed by atoms with Crippen LogP contribution in [-0.2, 0) is 0 Å². The van der Waals surface area contributed by atoms with E-state index in [0.717, 1.165) is 12.8 Å². The number of aliphatic hydroxyl groups excluding tert-OH is 1. The standard InChI is InChI=1S/C10H17ClO/c1-9(2)6-4-7(12)10(3,5-6)8(9)11/h6-8,12H,4-5H2,1-3H3/t6-,7-,8-,10-/m1/s1. The van der Waals surface area contributed by atoms with Crippen molar-refractivity contribution in [2.75, 3.05) is 0 Å². The van der Waals surface area contributed by atoms with Crippen molar-refractivity contribution in [3.05, 3.63) is 0 Å². The molecule has 0 aliphatic heterocycles. The first-order chi connectivity index (χ1) is 5.39. The average Bonchev–Trinajstić information content (AvgIpc) is 2.34. The molecule has 0 aromatic rings. The van der Waals surface area contributed by atoms with Crippen LogP contribution in [0.3, 0.4) is 0 Å². The first-order valence-corrected chi connectivity index (χ1v) is 5.15. The summed E-state index contributed by atoms with van der Waals surface area (Å²) < 4.78 is 0. The van der Waals surface area contributed by atoms with E-state index in [-0.39, 0.29) is 22.3 Å². The molecule has 2 heteroatoms. The first-order valence-electron chi connectivity index (χ1n) is 4.71. The number of hydrogen-bond donors (Lipinski definition) is 1. The summed E-state index contributed by atoms with van der Waals surface area (Å²) in [5.41, 5.74) is 0.200. The van der Waals surface area contributed by atoms with Crippen molar-refractivity contribution in [1.82, 2.24) is 0 Å². The van der Waals surface area contributed by atoms with Crippen molar-refractivity contribution < 1.29 is 5.11 Å². The van der Waals surface area contributed by atoms with Crippen LogP contribution in [0.2, 0.25) is 0 Å². The predicted molar refractivity (Wildman–Crippen MR) is 50.3 cm³/mol. The van der Waals surface area contributed by atoms with E-state index >= 15 is 0 Å². The number of rotatable bonds is 0. The minimum atomic E-state index is -0.168. The number of hydrogen-bond acceptors (Lipinski definition) is 1. The minimum Gasteiger partial charge on any atom is -0.392 e. The summed E-state index contributed by atoms with van der Waals surface area (Å²) in [6.45, 7) is 6.59. The van der Waals surface area contributed by atoms with Gasteiger partial charge in [0, 0.05) is 10.8 Å². The molecule has 0 amide bonds. The molecule has 0 aromatic carbocycles. The summed E-state index contributed by atoms with van der Waals surface area (Å²) in [4.78, 5) is 0. The Bertz CT molecular complexity index is 214. The van der Waals surface area contributed by atoms with Crippen LogP contribution in [0, 0.1) is 16.7 Å². The molecular formula is C10H17ClO. The SMILES string of the molecule is CC1(C)[C@@H]2C[C@@H](O)[C@@](C)(C2)[C@@H]1Cl. The van der Waals surface area contributed by atoms with Gasteiger partial charge in [-0.1, -0.05) is 20.8 Å². The minimum absolute atomic E-state index is 0.0181. The molecule has 70 valence electrons. The van der Waals surface area contributed by atoms with Gasteiger partial charge in [-0.25, -0.2) is 0 Å². The Morgan fingerprint density at radius 2 is 1.92 bits per heavy atom. The van der Waals surface area contributed by atoms with Crippen LogP contribution < -0.4 is 0 Å². The highest BCUT2D eigenvalue weighted by atomic mass is 35.5. The lowest BCUT2D eigenvalue weighted by Gasteiger charge is -2.41. The van der Waals surface area contributed by atoms with Gasteiger partial charge >= 0.3 is 0 Å². The quantitative estimate of drug-likeness (QED) is 0.579. The third-order valence-corrected chi connectivity index (χ3v) is 5.30. The molecule has 0 aromatic heterocycles. The van der Waals surface area contributed by atoms with Gasteiger partial charge in [-0.3, -0.25) is 0 Å². The molecule has 2 fully saturated rings. The zero-order chi connectivity index (χ0) is 9.15. The van der Waals surface area contributed by atoms with Crippen LogP contribution in [0.1, 0.15) is 33.6 Å². The van der Waals surface area contributed by atoms with Crippen LogP contribution in [0.4, 0.5) is 0 Å². The van der Waals surface area contributed by atoms with Crippen molar-refractivity contribution in [2.45, 2.75) is 45.1 Å². The maximum absolute atomic E-state index is 9.80. The van der Waals surface area contributed by atoms with E-state index in [9.17, 15) is 5.11 Å². The van der Waals surface area contributed by atoms with E-state index < -0.39 is 0 Å². The summed E-state index contributed by atoms with van der Waals surface area (Å²) in [5.74, 6) is 0.625. The van der Waals surface area contributed by atoms with Gasteiger partial charge in [0.2, 0.25) is 0 Å². The molecule has 4 atom stereocenters. The van der Waals surface area contributed by atoms with Gasteiger partial charge in [-0.15, -0.1) is 11.6 Å². The number of alkyl halides is 1. The monoisotopic (exact) mass is 188 g/mol. The molecule has 2 aliphatic rings. The fourth-order valence-corrected chi connectivity index (χ4v) is 3.60. The summed E-state index contributed by atoms with van der Waals surface area (Å²) in [6, 6.07) is 0. The summed E-state index contributed by atoms with van der Waals surface area (Å²) in [6.07, 6.45) is 1.89. The van der Waals surface area contributed by atoms with Crippen molar-refractivity contribution in [2.24, 2.45) is 16.7 Å². The van der Waals surface area contributed by atoms with Crippen LogP contribution in [0.5, 0.6) is 0 Å². The lowest BCUT2D eigenvalue weighted by Crippen LogP contribution is -2.44. The lowest BCUT2D eigenvalue weighted by molar-refractivity contribution is 0.0216. The number of halogens is 1. The molecule has 2 rings (SSSR count). The van der Waals surface area contributed by atoms with Gasteiger partial charge in [0.25, 0.3) is 0 Å². The van der Waals surface area contributed by atoms with E-state index in [1.165, 1.54) is 0 Å². The maximum atomic E-state index is 9.80. The van der Waals surface area contributed by atoms with E-state index in [0.29, 0.717) is 5.92 Å². The Morgan fingerprint density at radius 1 is 1.33 bits per heavy atom. The van der Waals surface area contributed by atoms with Crippen LogP contribution in [-0.4, -0.2) is 16.6 Å². The topological polar surface area (TPSA) is 20.2 Å². The molecule has 1 nitrogen and oxygen atoms in total. The van der Waals surface area contributed by atoms with E-state index in [4.69, 9.17) is 11.6 Å². The Hall–Kier alpha value is 0.250. The van der Waals surface area contributed by atoms with E-state index in [1.54, 1.807) is 0 Å². The lowest BCUT2D eigenvalue weighted by atomic mass is 9.71. The van der Waals surface area contributed by atoms with Gasteiger partial charge in [-0.2, -0.15) is 0 Å². The molecule has 0 unspecified atom stereocenters. The van der Waals surface area contributed by atoms with Gasteiger partial charge in [0.05, 0.1) is 6.10 Å². The summed E-state index contributed by atoms with van der Waals surface area (Å²) in [5, 5.41) is 9.93. The highest BCUT2D eigenvalue weighted by Gasteiger charge is 2.62. The van der Waals surface area contributed by atoms with Crippen molar-refractivity contribution in [1.29, 1.82) is 0 Å². The second-order valence-corrected chi connectivity index (χ2v) is 5.78. The van der Waals surface area contributed by atoms with Crippen molar-refractivity contribution in [3.63, 3.8) is 0 Å². The zero-order valence-electron chi connectivity index (χ0n) is 7.97. The average molecular weight is 189 g/mol. The molecule has 0 radical (unpaired) electrons. The van der Waals surface area contributed by atoms with Gasteiger partial charge < -0.3 is 5.11 Å². The Morgan fingerprint density at radius 3 is 2.25 bits per heavy atom. The first kappa shape index (κ1) is 8.83. The largest absolute Gasteiger partial charge is 0.392 e. The molecule has 2 saturated carbocycles. The predicted octanol–water partition coefficient (Wildman–Crippen LogP) is 2.41. The van der Waals surface area contributed by atoms with E-state index in [2.05, 4.69) is 20.8 Å². The Kier molecular flexibility index (Phi) is 1.61. The number of aliphatic hydroxyl groups is 1. The van der Waals surface area contributed by atoms with Crippen LogP contribution in [0.15, 0.2) is 0 Å². The Labute approximate surface area is 79.1 Å². The molecule has 0 heterocycles. The van der Waals surface area contributed by atoms with E-state index in [1.807, 2.05) is 0 Å². The van der Waals surface area contributed by atoms with Gasteiger partial charge in [-0.05, 0) is 24.2 Å². The molecule has 0 saturated heterocycles. The van der Waals surface area contributed by atoms with Crippen molar-refractivity contribution >= 4 is 11.6 Å². The maximum Gasteiger partial charge on any atom is 0.0611 e. The highest BCUT2D eigenvalue weighted by Crippen LogP contribution is 2.64. The van der Waals surface area contributed by atoms with Crippen LogP contribution in [0.25, 0.3) is 0 Å². The molecule has 0 spiro atoms. The second-order valence-electron chi connectivity index (χ2n) is 5.34. The zero-order valence-corrected chi connectivity index (χ0v) is 8.73. The fraction of sp³-hybridized carbons (Fsp3) is 1.00. The van der Waals surface area contributed by atoms with Gasteiger partial charge in [0.15, 0.2) is 0 Å². The molecule has 1 N–H and O–H groups in total. The normalized spacial score (nSPS) is 56.2.